The van der Waals surface area contributed by atoms with Crippen molar-refractivity contribution in [2.45, 2.75) is 26.7 Å². The predicted octanol–water partition coefficient (Wildman–Crippen LogP) is 1.61. The van der Waals surface area contributed by atoms with Gasteiger partial charge in [-0.15, -0.1) is 0 Å². The number of aliphatic hydroxyl groups is 1. The van der Waals surface area contributed by atoms with Crippen molar-refractivity contribution in [2.24, 2.45) is 23.2 Å². The fourth-order valence-corrected chi connectivity index (χ4v) is 3.78. The normalized spacial score (nSPS) is 31.2. The quantitative estimate of drug-likeness (QED) is 0.811. The van der Waals surface area contributed by atoms with Crippen molar-refractivity contribution in [1.29, 1.82) is 0 Å². The summed E-state index contributed by atoms with van der Waals surface area (Å²) in [6, 6.07) is 0. The molecule has 2 aliphatic heterocycles. The van der Waals surface area contributed by atoms with Crippen LogP contribution in [0.2, 0.25) is 0 Å². The van der Waals surface area contributed by atoms with Crippen LogP contribution >= 0.6 is 0 Å². The Balaban J connectivity index is 2.12. The highest BCUT2D eigenvalue weighted by Crippen LogP contribution is 2.48. The molecule has 17 heavy (non-hydrogen) atoms. The van der Waals surface area contributed by atoms with Crippen LogP contribution in [-0.4, -0.2) is 50.0 Å². The number of piperidine rings is 1. The number of aliphatic hydroxyl groups excluding tert-OH is 1. The standard InChI is InChI=1S/C14H27NO2/c1-11(2)13(8-16)14(9-17-10-14)12-5-4-6-15(3)7-12/h11-13,16H,4-10H2,1-3H3. The van der Waals surface area contributed by atoms with Gasteiger partial charge >= 0.3 is 0 Å². The molecule has 2 unspecified atom stereocenters. The van der Waals surface area contributed by atoms with Crippen molar-refractivity contribution >= 4 is 0 Å². The molecule has 0 aromatic carbocycles. The summed E-state index contributed by atoms with van der Waals surface area (Å²) in [5.41, 5.74) is 0.248. The largest absolute Gasteiger partial charge is 0.396 e. The van der Waals surface area contributed by atoms with Gasteiger partial charge in [0, 0.05) is 18.6 Å². The zero-order chi connectivity index (χ0) is 12.5. The molecule has 2 atom stereocenters. The molecule has 0 aliphatic carbocycles. The van der Waals surface area contributed by atoms with Crippen molar-refractivity contribution in [2.75, 3.05) is 40.0 Å². The lowest BCUT2D eigenvalue weighted by Gasteiger charge is -2.55. The smallest absolute Gasteiger partial charge is 0.0551 e. The maximum Gasteiger partial charge on any atom is 0.0551 e. The van der Waals surface area contributed by atoms with Gasteiger partial charge < -0.3 is 14.7 Å². The van der Waals surface area contributed by atoms with Crippen molar-refractivity contribution < 1.29 is 9.84 Å². The van der Waals surface area contributed by atoms with Crippen LogP contribution in [0.25, 0.3) is 0 Å². The summed E-state index contributed by atoms with van der Waals surface area (Å²) in [6.07, 6.45) is 2.59. The molecular formula is C14H27NO2. The van der Waals surface area contributed by atoms with Gasteiger partial charge in [-0.2, -0.15) is 0 Å². The summed E-state index contributed by atoms with van der Waals surface area (Å²) in [6.45, 7) is 8.87. The Hall–Kier alpha value is -0.120. The molecule has 1 N–H and O–H groups in total. The highest BCUT2D eigenvalue weighted by atomic mass is 16.5. The molecular weight excluding hydrogens is 214 g/mol. The van der Waals surface area contributed by atoms with E-state index in [1.165, 1.54) is 25.9 Å². The Morgan fingerprint density at radius 2 is 2.12 bits per heavy atom. The van der Waals surface area contributed by atoms with Crippen molar-refractivity contribution in [3.63, 3.8) is 0 Å². The lowest BCUT2D eigenvalue weighted by Crippen LogP contribution is -2.59. The van der Waals surface area contributed by atoms with Gasteiger partial charge in [0.25, 0.3) is 0 Å². The average Bonchev–Trinajstić information content (AvgIpc) is 2.22. The average molecular weight is 241 g/mol. The minimum atomic E-state index is 0.248. The first-order chi connectivity index (χ1) is 8.10. The summed E-state index contributed by atoms with van der Waals surface area (Å²) >= 11 is 0. The van der Waals surface area contributed by atoms with Gasteiger partial charge in [-0.1, -0.05) is 13.8 Å². The summed E-state index contributed by atoms with van der Waals surface area (Å²) in [5.74, 6) is 1.64. The molecule has 0 spiro atoms. The number of likely N-dealkylation sites (tertiary alicyclic amines) is 1. The molecule has 0 radical (unpaired) electrons. The highest BCUT2D eigenvalue weighted by Gasteiger charge is 2.52. The van der Waals surface area contributed by atoms with Gasteiger partial charge in [0.15, 0.2) is 0 Å². The molecule has 100 valence electrons. The first-order valence-corrected chi connectivity index (χ1v) is 6.97. The number of rotatable bonds is 4. The Labute approximate surface area is 105 Å². The third-order valence-electron chi connectivity index (χ3n) is 4.92. The third kappa shape index (κ3) is 2.38. The van der Waals surface area contributed by atoms with E-state index in [9.17, 15) is 5.11 Å². The van der Waals surface area contributed by atoms with E-state index in [1.54, 1.807) is 0 Å². The molecule has 2 heterocycles. The molecule has 0 aromatic heterocycles. The molecule has 0 amide bonds. The summed E-state index contributed by atoms with van der Waals surface area (Å²) in [7, 11) is 2.21. The van der Waals surface area contributed by atoms with Gasteiger partial charge in [0.1, 0.15) is 0 Å². The van der Waals surface area contributed by atoms with Crippen LogP contribution in [0.15, 0.2) is 0 Å². The van der Waals surface area contributed by atoms with Crippen LogP contribution in [0.5, 0.6) is 0 Å². The number of hydrogen-bond acceptors (Lipinski definition) is 3. The van der Waals surface area contributed by atoms with Crippen LogP contribution in [-0.2, 0) is 4.74 Å². The second-order valence-electron chi connectivity index (χ2n) is 6.36. The first kappa shape index (κ1) is 13.3. The molecule has 2 saturated heterocycles. The monoisotopic (exact) mass is 241 g/mol. The lowest BCUT2D eigenvalue weighted by molar-refractivity contribution is -0.202. The van der Waals surface area contributed by atoms with Crippen LogP contribution < -0.4 is 0 Å². The second-order valence-corrected chi connectivity index (χ2v) is 6.36. The van der Waals surface area contributed by atoms with Gasteiger partial charge in [-0.05, 0) is 44.2 Å². The van der Waals surface area contributed by atoms with E-state index in [4.69, 9.17) is 4.74 Å². The van der Waals surface area contributed by atoms with E-state index in [1.807, 2.05) is 0 Å². The topological polar surface area (TPSA) is 32.7 Å². The molecule has 0 saturated carbocycles. The molecule has 0 bridgehead atoms. The maximum absolute atomic E-state index is 9.72. The zero-order valence-electron chi connectivity index (χ0n) is 11.5. The fourth-order valence-electron chi connectivity index (χ4n) is 3.78. The minimum absolute atomic E-state index is 0.248. The molecule has 2 rings (SSSR count). The van der Waals surface area contributed by atoms with E-state index in [2.05, 4.69) is 25.8 Å². The third-order valence-corrected chi connectivity index (χ3v) is 4.92. The Bertz CT molecular complexity index is 251. The predicted molar refractivity (Wildman–Crippen MR) is 68.9 cm³/mol. The SMILES string of the molecule is CC(C)C(CO)C1(C2CCCN(C)C2)COC1. The lowest BCUT2D eigenvalue weighted by atomic mass is 9.60. The summed E-state index contributed by atoms with van der Waals surface area (Å²) < 4.78 is 5.53. The van der Waals surface area contributed by atoms with E-state index in [0.29, 0.717) is 24.4 Å². The Morgan fingerprint density at radius 1 is 1.41 bits per heavy atom. The van der Waals surface area contributed by atoms with Gasteiger partial charge in [0.2, 0.25) is 0 Å². The van der Waals surface area contributed by atoms with E-state index < -0.39 is 0 Å². The number of nitrogens with zero attached hydrogens (tertiary/aromatic N) is 1. The molecule has 2 fully saturated rings. The van der Waals surface area contributed by atoms with Crippen molar-refractivity contribution in [3.8, 4) is 0 Å². The van der Waals surface area contributed by atoms with Crippen LogP contribution in [0.3, 0.4) is 0 Å². The first-order valence-electron chi connectivity index (χ1n) is 6.97. The summed E-state index contributed by atoms with van der Waals surface area (Å²) in [5, 5.41) is 9.72. The van der Waals surface area contributed by atoms with E-state index >= 15 is 0 Å². The number of hydrogen-bond donors (Lipinski definition) is 1. The molecule has 3 heteroatoms. The van der Waals surface area contributed by atoms with Gasteiger partial charge in [-0.25, -0.2) is 0 Å². The Morgan fingerprint density at radius 3 is 2.53 bits per heavy atom. The van der Waals surface area contributed by atoms with Crippen LogP contribution in [0, 0.1) is 23.2 Å². The van der Waals surface area contributed by atoms with Crippen LogP contribution in [0.1, 0.15) is 26.7 Å². The van der Waals surface area contributed by atoms with Gasteiger partial charge in [0.05, 0.1) is 13.2 Å². The van der Waals surface area contributed by atoms with Crippen molar-refractivity contribution in [3.05, 3.63) is 0 Å². The highest BCUT2D eigenvalue weighted by molar-refractivity contribution is 4.99. The Kier molecular flexibility index (Phi) is 4.11. The second kappa shape index (κ2) is 5.25. The molecule has 0 aromatic rings. The van der Waals surface area contributed by atoms with E-state index in [0.717, 1.165) is 13.2 Å². The summed E-state index contributed by atoms with van der Waals surface area (Å²) in [4.78, 5) is 2.43. The zero-order valence-corrected chi connectivity index (χ0v) is 11.5. The number of ether oxygens (including phenoxy) is 1. The fraction of sp³-hybridized carbons (Fsp3) is 1.00. The minimum Gasteiger partial charge on any atom is -0.396 e. The van der Waals surface area contributed by atoms with E-state index in [-0.39, 0.29) is 5.41 Å². The van der Waals surface area contributed by atoms with Gasteiger partial charge in [-0.3, -0.25) is 0 Å². The molecule has 2 aliphatic rings. The van der Waals surface area contributed by atoms with Crippen LogP contribution in [0.4, 0.5) is 0 Å². The molecule has 3 nitrogen and oxygen atoms in total. The maximum atomic E-state index is 9.72. The van der Waals surface area contributed by atoms with Crippen molar-refractivity contribution in [1.82, 2.24) is 4.90 Å².